The summed E-state index contributed by atoms with van der Waals surface area (Å²) in [6.07, 6.45) is 4.08. The lowest BCUT2D eigenvalue weighted by Gasteiger charge is -2.23. The fraction of sp³-hybridized carbons (Fsp3) is 0.360. The molecule has 168 valence electrons. The van der Waals surface area contributed by atoms with Gasteiger partial charge in [0, 0.05) is 36.9 Å². The molecule has 2 unspecified atom stereocenters. The number of amides is 1. The van der Waals surface area contributed by atoms with E-state index in [1.54, 1.807) is 12.3 Å². The van der Waals surface area contributed by atoms with Crippen LogP contribution in [0, 0.1) is 24.2 Å². The highest BCUT2D eigenvalue weighted by Gasteiger charge is 2.46. The number of aromatic nitrogens is 2. The number of ether oxygens (including phenoxy) is 2. The summed E-state index contributed by atoms with van der Waals surface area (Å²) in [5, 5.41) is 16.4. The third-order valence-corrected chi connectivity index (χ3v) is 6.05. The van der Waals surface area contributed by atoms with Crippen molar-refractivity contribution in [1.82, 2.24) is 10.1 Å². The summed E-state index contributed by atoms with van der Waals surface area (Å²) in [6, 6.07) is 13.3. The maximum Gasteiger partial charge on any atom is 0.229 e. The first-order valence-corrected chi connectivity index (χ1v) is 11.1. The summed E-state index contributed by atoms with van der Waals surface area (Å²) in [6.45, 7) is 3.22. The van der Waals surface area contributed by atoms with Crippen molar-refractivity contribution in [3.8, 4) is 22.9 Å². The van der Waals surface area contributed by atoms with Crippen molar-refractivity contribution in [3.05, 3.63) is 59.6 Å². The molecule has 5 rings (SSSR count). The van der Waals surface area contributed by atoms with Gasteiger partial charge in [-0.15, -0.1) is 0 Å². The lowest BCUT2D eigenvalue weighted by Crippen LogP contribution is -2.26. The number of anilines is 1. The Morgan fingerprint density at radius 3 is 2.76 bits per heavy atom. The van der Waals surface area contributed by atoms with Gasteiger partial charge in [0.15, 0.2) is 0 Å². The first-order chi connectivity index (χ1) is 16.1. The molecule has 8 heteroatoms. The highest BCUT2D eigenvalue weighted by Crippen LogP contribution is 2.48. The van der Waals surface area contributed by atoms with Gasteiger partial charge in [-0.2, -0.15) is 5.26 Å². The molecule has 1 aromatic carbocycles. The van der Waals surface area contributed by atoms with Crippen LogP contribution in [-0.4, -0.2) is 35.4 Å². The molecule has 0 spiro atoms. The maximum absolute atomic E-state index is 12.7. The van der Waals surface area contributed by atoms with Crippen LogP contribution in [-0.2, 0) is 9.53 Å². The smallest absolute Gasteiger partial charge is 0.229 e. The van der Waals surface area contributed by atoms with E-state index in [1.165, 1.54) is 0 Å². The molecule has 2 aromatic heterocycles. The van der Waals surface area contributed by atoms with Crippen LogP contribution in [0.2, 0.25) is 0 Å². The molecule has 33 heavy (non-hydrogen) atoms. The Bertz CT molecular complexity index is 1210. The number of nitriles is 1. The van der Waals surface area contributed by atoms with E-state index in [1.807, 2.05) is 37.3 Å². The minimum Gasteiger partial charge on any atom is -0.489 e. The highest BCUT2D eigenvalue weighted by atomic mass is 16.5. The van der Waals surface area contributed by atoms with Crippen LogP contribution in [0.25, 0.3) is 11.1 Å². The van der Waals surface area contributed by atoms with Crippen molar-refractivity contribution in [2.24, 2.45) is 5.92 Å². The van der Waals surface area contributed by atoms with E-state index in [0.29, 0.717) is 30.3 Å². The normalized spacial score (nSPS) is 20.1. The van der Waals surface area contributed by atoms with Crippen LogP contribution in [0.15, 0.2) is 47.1 Å². The quantitative estimate of drug-likeness (QED) is 0.606. The minimum atomic E-state index is -0.144. The minimum absolute atomic E-state index is 0.0616. The fourth-order valence-corrected chi connectivity index (χ4v) is 4.13. The molecular weight excluding hydrogens is 420 g/mol. The zero-order valence-corrected chi connectivity index (χ0v) is 18.3. The Hall–Kier alpha value is -3.70. The van der Waals surface area contributed by atoms with Gasteiger partial charge in [0.05, 0.1) is 24.5 Å². The molecule has 1 amide bonds. The van der Waals surface area contributed by atoms with E-state index in [0.717, 1.165) is 41.8 Å². The Labute approximate surface area is 191 Å². The van der Waals surface area contributed by atoms with Gasteiger partial charge in [0.1, 0.15) is 29.5 Å². The Kier molecular flexibility index (Phi) is 5.80. The number of carbonyl (C=O) groups excluding carboxylic acids is 1. The van der Waals surface area contributed by atoms with E-state index in [4.69, 9.17) is 14.0 Å². The zero-order chi connectivity index (χ0) is 22.8. The Morgan fingerprint density at radius 1 is 1.18 bits per heavy atom. The van der Waals surface area contributed by atoms with Gasteiger partial charge in [0.2, 0.25) is 5.91 Å². The lowest BCUT2D eigenvalue weighted by molar-refractivity contribution is -0.117. The average molecular weight is 444 g/mol. The largest absolute Gasteiger partial charge is 0.489 e. The molecule has 1 saturated carbocycles. The molecule has 2 aliphatic rings. The van der Waals surface area contributed by atoms with E-state index in [-0.39, 0.29) is 23.8 Å². The summed E-state index contributed by atoms with van der Waals surface area (Å²) >= 11 is 0. The molecule has 2 fully saturated rings. The number of pyridine rings is 1. The zero-order valence-electron chi connectivity index (χ0n) is 18.3. The molecule has 2 atom stereocenters. The van der Waals surface area contributed by atoms with Crippen molar-refractivity contribution in [1.29, 1.82) is 5.26 Å². The Balaban J connectivity index is 1.27. The van der Waals surface area contributed by atoms with Gasteiger partial charge >= 0.3 is 0 Å². The molecule has 8 nitrogen and oxygen atoms in total. The second-order valence-corrected chi connectivity index (χ2v) is 8.49. The van der Waals surface area contributed by atoms with E-state index in [9.17, 15) is 10.1 Å². The summed E-state index contributed by atoms with van der Waals surface area (Å²) in [7, 11) is 0. The second-order valence-electron chi connectivity index (χ2n) is 8.49. The fourth-order valence-electron chi connectivity index (χ4n) is 4.13. The van der Waals surface area contributed by atoms with E-state index < -0.39 is 0 Å². The topological polar surface area (TPSA) is 110 Å². The maximum atomic E-state index is 12.7. The molecule has 3 heterocycles. The number of nitrogens with zero attached hydrogens (tertiary/aromatic N) is 3. The van der Waals surface area contributed by atoms with Gasteiger partial charge in [0.25, 0.3) is 0 Å². The van der Waals surface area contributed by atoms with Gasteiger partial charge < -0.3 is 19.3 Å². The number of rotatable bonds is 6. The van der Waals surface area contributed by atoms with Crippen LogP contribution in [0.1, 0.15) is 42.2 Å². The van der Waals surface area contributed by atoms with Crippen molar-refractivity contribution in [2.75, 3.05) is 18.5 Å². The summed E-state index contributed by atoms with van der Waals surface area (Å²) in [5.41, 5.74) is 2.99. The molecule has 1 aliphatic carbocycles. The van der Waals surface area contributed by atoms with Gasteiger partial charge in [-0.25, -0.2) is 4.98 Å². The monoisotopic (exact) mass is 444 g/mol. The number of nitrogens with one attached hydrogen (secondary N) is 1. The molecule has 1 N–H and O–H groups in total. The van der Waals surface area contributed by atoms with Crippen LogP contribution >= 0.6 is 0 Å². The molecule has 0 radical (unpaired) electrons. The predicted molar refractivity (Wildman–Crippen MR) is 120 cm³/mol. The average Bonchev–Trinajstić information content (AvgIpc) is 3.53. The van der Waals surface area contributed by atoms with E-state index >= 15 is 0 Å². The van der Waals surface area contributed by atoms with Crippen LogP contribution in [0.4, 0.5) is 5.82 Å². The summed E-state index contributed by atoms with van der Waals surface area (Å²) in [4.78, 5) is 17.0. The number of hydrogen-bond acceptors (Lipinski definition) is 7. The van der Waals surface area contributed by atoms with Crippen molar-refractivity contribution in [2.45, 2.75) is 38.2 Å². The van der Waals surface area contributed by atoms with Crippen molar-refractivity contribution >= 4 is 11.7 Å². The second kappa shape index (κ2) is 9.04. The number of aryl methyl sites for hydroxylation is 1. The first kappa shape index (κ1) is 21.2. The first-order valence-electron chi connectivity index (χ1n) is 11.1. The molecule has 0 bridgehead atoms. The Morgan fingerprint density at radius 2 is 2.00 bits per heavy atom. The molecule has 1 saturated heterocycles. The third kappa shape index (κ3) is 4.73. The number of carbonyl (C=O) groups is 1. The predicted octanol–water partition coefficient (Wildman–Crippen LogP) is 4.22. The van der Waals surface area contributed by atoms with Gasteiger partial charge in [-0.3, -0.25) is 4.79 Å². The van der Waals surface area contributed by atoms with E-state index in [2.05, 4.69) is 21.5 Å². The molecular formula is C25H24N4O4. The lowest BCUT2D eigenvalue weighted by atomic mass is 10.0. The molecule has 1 aliphatic heterocycles. The van der Waals surface area contributed by atoms with Gasteiger partial charge in [-0.05, 0) is 48.7 Å². The molecule has 3 aromatic rings. The van der Waals surface area contributed by atoms with Crippen molar-refractivity contribution < 1.29 is 18.8 Å². The number of hydrogen-bond donors (Lipinski definition) is 1. The van der Waals surface area contributed by atoms with Gasteiger partial charge in [-0.1, -0.05) is 11.2 Å². The third-order valence-electron chi connectivity index (χ3n) is 6.05. The standard InChI is InChI=1S/C25H24N4O4/c1-15-10-23(33-29-15)20-13-21(20)25(30)28-24-12-17(4-7-27-24)16-2-3-22(18(11-16)14-26)32-19-5-8-31-9-6-19/h2-4,7,10-12,19-21H,5-6,8-9,13H2,1H3,(H,27,28,30). The number of benzene rings is 1. The highest BCUT2D eigenvalue weighted by molar-refractivity contribution is 5.94. The summed E-state index contributed by atoms with van der Waals surface area (Å²) < 4.78 is 16.7. The summed E-state index contributed by atoms with van der Waals surface area (Å²) in [5.74, 6) is 1.64. The van der Waals surface area contributed by atoms with Crippen LogP contribution in [0.3, 0.4) is 0 Å². The van der Waals surface area contributed by atoms with Crippen LogP contribution < -0.4 is 10.1 Å². The SMILES string of the molecule is Cc1cc(C2CC2C(=O)Nc2cc(-c3ccc(OC4CCOCC4)c(C#N)c3)ccn2)on1. The van der Waals surface area contributed by atoms with Crippen LogP contribution in [0.5, 0.6) is 5.75 Å². The van der Waals surface area contributed by atoms with Crippen molar-refractivity contribution in [3.63, 3.8) is 0 Å².